The van der Waals surface area contributed by atoms with E-state index in [0.717, 1.165) is 29.9 Å². The topological polar surface area (TPSA) is 0 Å². The van der Waals surface area contributed by atoms with Crippen molar-refractivity contribution in [2.45, 2.75) is 30.4 Å². The number of hydrogen-bond acceptors (Lipinski definition) is 0. The van der Waals surface area contributed by atoms with E-state index in [-0.39, 0.29) is 0 Å². The van der Waals surface area contributed by atoms with Crippen LogP contribution in [0.15, 0.2) is 9.45 Å². The summed E-state index contributed by atoms with van der Waals surface area (Å²) >= 11 is 1.83. The van der Waals surface area contributed by atoms with Gasteiger partial charge in [-0.05, 0) is 0 Å². The summed E-state index contributed by atoms with van der Waals surface area (Å²) in [7, 11) is 0. The van der Waals surface area contributed by atoms with Gasteiger partial charge in [0.25, 0.3) is 0 Å². The van der Waals surface area contributed by atoms with Crippen LogP contribution in [-0.4, -0.2) is 29.9 Å². The van der Waals surface area contributed by atoms with Gasteiger partial charge in [-0.2, -0.15) is 0 Å². The van der Waals surface area contributed by atoms with Gasteiger partial charge in [0.15, 0.2) is 0 Å². The molecule has 0 saturated carbocycles. The molecule has 0 aromatic heterocycles. The third kappa shape index (κ3) is 2.91. The van der Waals surface area contributed by atoms with E-state index >= 15 is 0 Å². The van der Waals surface area contributed by atoms with Crippen LogP contribution in [0.2, 0.25) is 4.22 Å². The number of hydrogen-bond donors (Lipinski definition) is 0. The maximum absolute atomic E-state index is 2.52. The molecule has 1 aliphatic heterocycles. The zero-order chi connectivity index (χ0) is 6.53. The molecule has 0 bridgehead atoms. The average Bonchev–Trinajstić information content (AvgIpc) is 2.34. The van der Waals surface area contributed by atoms with Crippen LogP contribution in [0, 0.1) is 0 Å². The van der Waals surface area contributed by atoms with Crippen LogP contribution in [0.1, 0.15) is 26.2 Å². The van der Waals surface area contributed by atoms with Crippen LogP contribution in [0.5, 0.6) is 0 Å². The normalized spacial score (nSPS) is 18.1. The second kappa shape index (κ2) is 4.57. The molecule has 0 atom stereocenters. The zero-order valence-electron chi connectivity index (χ0n) is 5.72. The second-order valence-electron chi connectivity index (χ2n) is 2.12. The molecule has 0 spiro atoms. The molecular formula is C7H12Se2. The molecule has 0 amide bonds. The van der Waals surface area contributed by atoms with Crippen molar-refractivity contribution in [2.24, 2.45) is 0 Å². The van der Waals surface area contributed by atoms with E-state index in [0.29, 0.717) is 0 Å². The van der Waals surface area contributed by atoms with Crippen molar-refractivity contribution in [3.63, 3.8) is 0 Å². The molecule has 52 valence electrons. The Kier molecular flexibility index (Phi) is 4.00. The van der Waals surface area contributed by atoms with Crippen molar-refractivity contribution >= 4 is 29.9 Å². The summed E-state index contributed by atoms with van der Waals surface area (Å²) in [5.74, 6) is 0. The van der Waals surface area contributed by atoms with Crippen LogP contribution in [-0.2, 0) is 0 Å². The Balaban J connectivity index is 2.11. The molecule has 0 aromatic rings. The summed E-state index contributed by atoms with van der Waals surface area (Å²) in [5, 5.41) is 0. The Morgan fingerprint density at radius 2 is 2.56 bits per heavy atom. The fourth-order valence-electron chi connectivity index (χ4n) is 0.753. The van der Waals surface area contributed by atoms with Gasteiger partial charge in [-0.3, -0.25) is 0 Å². The Morgan fingerprint density at radius 3 is 3.11 bits per heavy atom. The van der Waals surface area contributed by atoms with E-state index in [1.165, 1.54) is 19.3 Å². The molecule has 1 rings (SSSR count). The van der Waals surface area contributed by atoms with Gasteiger partial charge < -0.3 is 0 Å². The summed E-state index contributed by atoms with van der Waals surface area (Å²) in [6, 6.07) is 0. The predicted molar refractivity (Wildman–Crippen MR) is 43.9 cm³/mol. The van der Waals surface area contributed by atoms with Crippen molar-refractivity contribution in [3.8, 4) is 0 Å². The van der Waals surface area contributed by atoms with Gasteiger partial charge in [0, 0.05) is 0 Å². The molecule has 0 aliphatic carbocycles. The predicted octanol–water partition coefficient (Wildman–Crippen LogP) is 1.82. The number of allylic oxidation sites excluding steroid dienone is 1. The van der Waals surface area contributed by atoms with Crippen LogP contribution < -0.4 is 0 Å². The van der Waals surface area contributed by atoms with Crippen molar-refractivity contribution in [3.05, 3.63) is 9.45 Å². The third-order valence-corrected chi connectivity index (χ3v) is 7.76. The summed E-state index contributed by atoms with van der Waals surface area (Å²) in [5.41, 5.74) is 0. The standard InChI is InChI=1S/C7H12Se2/c1-2-3-4-7-5-8-6-9-7/h5H,2-4,6H2,1H3. The molecule has 0 radical (unpaired) electrons. The Bertz CT molecular complexity index is 107. The van der Waals surface area contributed by atoms with E-state index in [9.17, 15) is 0 Å². The summed E-state index contributed by atoms with van der Waals surface area (Å²) in [4.78, 5) is 2.52. The van der Waals surface area contributed by atoms with Gasteiger partial charge in [0.05, 0.1) is 0 Å². The van der Waals surface area contributed by atoms with Crippen molar-refractivity contribution in [1.29, 1.82) is 0 Å². The Morgan fingerprint density at radius 1 is 1.67 bits per heavy atom. The van der Waals surface area contributed by atoms with E-state index < -0.39 is 0 Å². The van der Waals surface area contributed by atoms with E-state index in [1.54, 1.807) is 4.22 Å². The first kappa shape index (κ1) is 7.88. The Hall–Kier alpha value is 0.779. The monoisotopic (exact) mass is 256 g/mol. The Labute approximate surface area is 69.8 Å². The van der Waals surface area contributed by atoms with Crippen molar-refractivity contribution in [1.82, 2.24) is 0 Å². The van der Waals surface area contributed by atoms with Gasteiger partial charge in [0.2, 0.25) is 0 Å². The molecule has 9 heavy (non-hydrogen) atoms. The fraction of sp³-hybridized carbons (Fsp3) is 0.714. The van der Waals surface area contributed by atoms with Crippen molar-refractivity contribution < 1.29 is 0 Å². The number of rotatable bonds is 3. The van der Waals surface area contributed by atoms with E-state index in [4.69, 9.17) is 0 Å². The molecular weight excluding hydrogens is 242 g/mol. The van der Waals surface area contributed by atoms with Gasteiger partial charge in [0.1, 0.15) is 0 Å². The first-order valence-electron chi connectivity index (χ1n) is 3.37. The van der Waals surface area contributed by atoms with Gasteiger partial charge in [-0.15, -0.1) is 0 Å². The summed E-state index contributed by atoms with van der Waals surface area (Å²) in [6.07, 6.45) is 4.20. The van der Waals surface area contributed by atoms with Gasteiger partial charge in [-0.1, -0.05) is 0 Å². The first-order chi connectivity index (χ1) is 4.43. The molecule has 1 aliphatic rings. The molecule has 0 fully saturated rings. The summed E-state index contributed by atoms with van der Waals surface area (Å²) in [6.45, 7) is 2.27. The van der Waals surface area contributed by atoms with Crippen LogP contribution in [0.3, 0.4) is 0 Å². The summed E-state index contributed by atoms with van der Waals surface area (Å²) < 4.78 is 3.35. The second-order valence-corrected chi connectivity index (χ2v) is 8.08. The third-order valence-electron chi connectivity index (χ3n) is 1.30. The minimum absolute atomic E-state index is 0.906. The van der Waals surface area contributed by atoms with E-state index in [1.807, 2.05) is 4.47 Å². The van der Waals surface area contributed by atoms with E-state index in [2.05, 4.69) is 11.9 Å². The maximum atomic E-state index is 2.52. The molecule has 0 unspecified atom stereocenters. The molecule has 0 saturated heterocycles. The molecule has 2 heteroatoms. The molecule has 0 nitrogen and oxygen atoms in total. The minimum atomic E-state index is 0.906. The van der Waals surface area contributed by atoms with Crippen LogP contribution in [0.4, 0.5) is 0 Å². The number of unbranched alkanes of at least 4 members (excludes halogenated alkanes) is 1. The zero-order valence-corrected chi connectivity index (χ0v) is 9.15. The first-order valence-corrected chi connectivity index (χ1v) is 7.63. The van der Waals surface area contributed by atoms with Crippen LogP contribution >= 0.6 is 0 Å². The van der Waals surface area contributed by atoms with Gasteiger partial charge >= 0.3 is 69.8 Å². The quantitative estimate of drug-likeness (QED) is 0.674. The molecule has 1 heterocycles. The van der Waals surface area contributed by atoms with Crippen LogP contribution in [0.25, 0.3) is 0 Å². The average molecular weight is 254 g/mol. The SMILES string of the molecule is CCCCC1=C[Se]C[Se]1. The molecule has 0 N–H and O–H groups in total. The van der Waals surface area contributed by atoms with Crippen molar-refractivity contribution in [2.75, 3.05) is 0 Å². The molecule has 0 aromatic carbocycles. The van der Waals surface area contributed by atoms with Gasteiger partial charge in [-0.25, -0.2) is 0 Å². The fourth-order valence-corrected chi connectivity index (χ4v) is 7.36.